The highest BCUT2D eigenvalue weighted by molar-refractivity contribution is 7.15. The van der Waals surface area contributed by atoms with Gasteiger partial charge in [0.25, 0.3) is 0 Å². The summed E-state index contributed by atoms with van der Waals surface area (Å²) in [6.07, 6.45) is 25.3. The first-order valence-corrected chi connectivity index (χ1v) is 33.6. The lowest BCUT2D eigenvalue weighted by Crippen LogP contribution is -2.42. The Bertz CT molecular complexity index is 3390. The molecule has 6 aromatic rings. The van der Waals surface area contributed by atoms with Gasteiger partial charge in [0.05, 0.1) is 45.8 Å². The van der Waals surface area contributed by atoms with Gasteiger partial charge in [-0.05, 0) is 241 Å². The van der Waals surface area contributed by atoms with Crippen LogP contribution in [-0.2, 0) is 9.59 Å². The second-order valence-electron chi connectivity index (χ2n) is 25.8. The van der Waals surface area contributed by atoms with Gasteiger partial charge >= 0.3 is 0 Å². The zero-order chi connectivity index (χ0) is 58.4. The van der Waals surface area contributed by atoms with E-state index in [9.17, 15) is 14.9 Å². The van der Waals surface area contributed by atoms with Crippen molar-refractivity contribution in [3.63, 3.8) is 0 Å². The van der Waals surface area contributed by atoms with Gasteiger partial charge in [0.2, 0.25) is 11.8 Å². The first kappa shape index (κ1) is 58.8. The number of hydrogen-bond acceptors (Lipinski definition) is 12. The van der Waals surface area contributed by atoms with Gasteiger partial charge in [0, 0.05) is 72.4 Å². The van der Waals surface area contributed by atoms with Crippen LogP contribution in [0.2, 0.25) is 0 Å². The van der Waals surface area contributed by atoms with Gasteiger partial charge in [-0.15, -0.1) is 27.8 Å². The molecule has 0 saturated heterocycles. The maximum Gasteiger partial charge on any atom is 0.230 e. The highest BCUT2D eigenvalue weighted by Gasteiger charge is 2.37. The van der Waals surface area contributed by atoms with Crippen molar-refractivity contribution in [1.82, 2.24) is 9.97 Å². The highest BCUT2D eigenvalue weighted by atomic mass is 32.1. The molecule has 3 heterocycles. The van der Waals surface area contributed by atoms with Crippen LogP contribution in [0, 0.1) is 60.7 Å². The molecule has 6 aliphatic carbocycles. The van der Waals surface area contributed by atoms with E-state index in [4.69, 9.17) is 19.4 Å². The van der Waals surface area contributed by atoms with E-state index in [1.165, 1.54) is 73.3 Å². The Morgan fingerprint density at radius 3 is 1.38 bits per heavy atom. The topological polar surface area (TPSA) is 146 Å². The fourth-order valence-electron chi connectivity index (χ4n) is 14.4. The maximum absolute atomic E-state index is 14.4. The Morgan fingerprint density at radius 1 is 0.541 bits per heavy atom. The summed E-state index contributed by atoms with van der Waals surface area (Å²) in [5.74, 6) is 6.42. The summed E-state index contributed by atoms with van der Waals surface area (Å²) in [5, 5.41) is 24.0. The highest BCUT2D eigenvalue weighted by Crippen LogP contribution is 2.47. The molecule has 0 radical (unpaired) electrons. The summed E-state index contributed by atoms with van der Waals surface area (Å²) in [6, 6.07) is 32.9. The van der Waals surface area contributed by atoms with Crippen LogP contribution in [0.25, 0.3) is 20.9 Å². The minimum Gasteiger partial charge on any atom is -0.496 e. The zero-order valence-corrected chi connectivity index (χ0v) is 51.9. The average molecular weight is 1180 g/mol. The molecule has 2 aromatic heterocycles. The van der Waals surface area contributed by atoms with E-state index >= 15 is 0 Å². The van der Waals surface area contributed by atoms with Crippen molar-refractivity contribution in [3.8, 4) is 38.4 Å². The minimum atomic E-state index is 0.00624. The lowest BCUT2D eigenvalue weighted by atomic mass is 9.77. The van der Waals surface area contributed by atoms with Crippen LogP contribution >= 0.6 is 22.7 Å². The third-order valence-electron chi connectivity index (χ3n) is 19.9. The first-order chi connectivity index (χ1) is 41.6. The summed E-state index contributed by atoms with van der Waals surface area (Å²) < 4.78 is 11.0. The zero-order valence-electron chi connectivity index (χ0n) is 50.3. The molecule has 4 aromatic carbocycles. The number of amides is 2. The number of benzene rings is 4. The van der Waals surface area contributed by atoms with Crippen LogP contribution in [0.3, 0.4) is 0 Å². The lowest BCUT2D eigenvalue weighted by Gasteiger charge is -2.36. The standard InChI is InChI=1S/C36H43N5O2S.C35H41N3O2S/c1-23-18-29(16-17-33(23)43-2)25-8-6-24(7-9-25)22-41(36(42)28-14-10-26(11-15-28)32-20-38-40-39-32)31-5-3-4-30(19-31)34-21-37-35(44-34)27-12-13-27;1-23-18-29(16-17-32(23)40-2)26-10-8-25(9-11-26)22-38(35(39)28-12-6-24(20-36)7-13-28)31-5-3-4-30(19-31)33-21-37-34(41-33)27-14-15-27/h3-5,16-19,21,24-28H,6-15,20,22H2,1-2H3;3-5,16-19,21,24-28H,6-15,22H2,1-2H3. The maximum atomic E-state index is 14.4. The number of aromatic nitrogens is 2. The van der Waals surface area contributed by atoms with E-state index in [0.29, 0.717) is 53.9 Å². The van der Waals surface area contributed by atoms with Gasteiger partial charge in [-0.2, -0.15) is 10.4 Å². The average Bonchev–Trinajstić information content (AvgIpc) is 4.23. The molecule has 6 fully saturated rings. The molecule has 444 valence electrons. The van der Waals surface area contributed by atoms with Crippen LogP contribution in [-0.4, -0.2) is 61.3 Å². The Balaban J connectivity index is 0.000000167. The molecule has 85 heavy (non-hydrogen) atoms. The van der Waals surface area contributed by atoms with Crippen molar-refractivity contribution in [2.24, 2.45) is 50.9 Å². The normalized spacial score (nSPS) is 24.8. The number of ether oxygens (including phenoxy) is 2. The summed E-state index contributed by atoms with van der Waals surface area (Å²) in [7, 11) is 3.47. The number of nitrogens with zero attached hydrogens (tertiary/aromatic N) is 8. The molecule has 1 aliphatic heterocycles. The van der Waals surface area contributed by atoms with Gasteiger partial charge in [-0.1, -0.05) is 48.5 Å². The molecular formula is C71H84N8O4S2. The summed E-state index contributed by atoms with van der Waals surface area (Å²) in [4.78, 5) is 44.6. The number of carbonyl (C=O) groups is 2. The van der Waals surface area contributed by atoms with Crippen molar-refractivity contribution >= 4 is 51.6 Å². The number of methoxy groups -OCH3 is 2. The third-order valence-corrected chi connectivity index (χ3v) is 22.4. The SMILES string of the molecule is COc1ccc(C2CCC(CN(C(=O)C3CCC(C#N)CC3)c3cccc(-c4cnc(C5CC5)s4)c3)CC2)cc1C.COc1ccc(C2CCC(CN(C(=O)C3CCC(C4=NN=NC4)CC3)c3cccc(-c4cnc(C5CC5)s4)c3)CC2)cc1C. The second-order valence-corrected chi connectivity index (χ2v) is 27.9. The van der Waals surface area contributed by atoms with E-state index in [0.717, 1.165) is 150 Å². The number of rotatable bonds is 17. The largest absolute Gasteiger partial charge is 0.496 e. The van der Waals surface area contributed by atoms with Crippen molar-refractivity contribution in [2.45, 2.75) is 166 Å². The van der Waals surface area contributed by atoms with Gasteiger partial charge < -0.3 is 19.3 Å². The summed E-state index contributed by atoms with van der Waals surface area (Å²) in [5.41, 5.74) is 10.7. The van der Waals surface area contributed by atoms with Crippen molar-refractivity contribution < 1.29 is 19.1 Å². The van der Waals surface area contributed by atoms with Crippen molar-refractivity contribution in [1.29, 1.82) is 5.26 Å². The van der Waals surface area contributed by atoms with Crippen molar-refractivity contribution in [3.05, 3.63) is 130 Å². The van der Waals surface area contributed by atoms with E-state index in [1.807, 2.05) is 23.7 Å². The van der Waals surface area contributed by atoms with E-state index in [1.54, 1.807) is 25.6 Å². The smallest absolute Gasteiger partial charge is 0.230 e. The molecule has 0 spiro atoms. The predicted molar refractivity (Wildman–Crippen MR) is 342 cm³/mol. The molecule has 12 nitrogen and oxygen atoms in total. The number of anilines is 2. The molecule has 7 aliphatic rings. The number of nitriles is 1. The Hall–Kier alpha value is -6.56. The summed E-state index contributed by atoms with van der Waals surface area (Å²) in [6.45, 7) is 6.43. The molecule has 14 heteroatoms. The lowest BCUT2D eigenvalue weighted by molar-refractivity contribution is -0.124. The van der Waals surface area contributed by atoms with Gasteiger partial charge in [-0.25, -0.2) is 9.97 Å². The van der Waals surface area contributed by atoms with E-state index < -0.39 is 0 Å². The molecular weight excluding hydrogens is 1090 g/mol. The summed E-state index contributed by atoms with van der Waals surface area (Å²) >= 11 is 3.61. The number of aryl methyl sites for hydroxylation is 2. The van der Waals surface area contributed by atoms with Gasteiger partial charge in [0.1, 0.15) is 18.0 Å². The molecule has 6 saturated carbocycles. The molecule has 0 N–H and O–H groups in total. The Labute approximate surface area is 511 Å². The quantitative estimate of drug-likeness (QED) is 0.0884. The van der Waals surface area contributed by atoms with Crippen LogP contribution in [0.1, 0.15) is 184 Å². The van der Waals surface area contributed by atoms with Crippen LogP contribution in [0.4, 0.5) is 11.4 Å². The Kier molecular flexibility index (Phi) is 18.7. The predicted octanol–water partition coefficient (Wildman–Crippen LogP) is 17.6. The monoisotopic (exact) mass is 1180 g/mol. The molecule has 0 unspecified atom stereocenters. The number of hydrogen-bond donors (Lipinski definition) is 0. The van der Waals surface area contributed by atoms with Crippen LogP contribution in [0.15, 0.2) is 113 Å². The van der Waals surface area contributed by atoms with Crippen molar-refractivity contribution in [2.75, 3.05) is 43.7 Å². The molecule has 13 rings (SSSR count). The number of thiazole rings is 2. The second kappa shape index (κ2) is 27.0. The van der Waals surface area contributed by atoms with E-state index in [-0.39, 0.29) is 23.7 Å². The van der Waals surface area contributed by atoms with E-state index in [2.05, 4.69) is 130 Å². The molecule has 0 bridgehead atoms. The van der Waals surface area contributed by atoms with Crippen LogP contribution in [0.5, 0.6) is 11.5 Å². The van der Waals surface area contributed by atoms with Gasteiger partial charge in [0.15, 0.2) is 0 Å². The van der Waals surface area contributed by atoms with Gasteiger partial charge in [-0.3, -0.25) is 9.59 Å². The molecule has 0 atom stereocenters. The van der Waals surface area contributed by atoms with Crippen LogP contribution < -0.4 is 19.3 Å². The first-order valence-electron chi connectivity index (χ1n) is 31.9. The fourth-order valence-corrected chi connectivity index (χ4v) is 16.5. The Morgan fingerprint density at radius 2 is 0.976 bits per heavy atom. The number of carbonyl (C=O) groups excluding carboxylic acids is 2. The molecule has 2 amide bonds. The minimum absolute atomic E-state index is 0.00624. The third kappa shape index (κ3) is 14.2. The fraction of sp³-hybridized carbons (Fsp3) is 0.521.